The molecule has 0 unspecified atom stereocenters. The SMILES string of the molecule is O=c1cc(CSc2ccc(F)c(F)c2)c2cc3c(cc2o1)CCC3. The highest BCUT2D eigenvalue weighted by molar-refractivity contribution is 7.98. The van der Waals surface area contributed by atoms with Gasteiger partial charge < -0.3 is 4.42 Å². The van der Waals surface area contributed by atoms with E-state index >= 15 is 0 Å². The van der Waals surface area contributed by atoms with E-state index in [4.69, 9.17) is 4.42 Å². The summed E-state index contributed by atoms with van der Waals surface area (Å²) in [7, 11) is 0. The van der Waals surface area contributed by atoms with Gasteiger partial charge in [0.25, 0.3) is 0 Å². The molecule has 4 rings (SSSR count). The number of rotatable bonds is 3. The number of halogens is 2. The maximum absolute atomic E-state index is 13.3. The van der Waals surface area contributed by atoms with Gasteiger partial charge in [-0.1, -0.05) is 0 Å². The Labute approximate surface area is 141 Å². The predicted octanol–water partition coefficient (Wildman–Crippen LogP) is 4.85. The summed E-state index contributed by atoms with van der Waals surface area (Å²) in [5.74, 6) is -1.23. The molecule has 1 aromatic heterocycles. The first-order chi connectivity index (χ1) is 11.6. The van der Waals surface area contributed by atoms with Crippen LogP contribution in [0.5, 0.6) is 0 Å². The Balaban J connectivity index is 1.70. The number of hydrogen-bond donors (Lipinski definition) is 0. The van der Waals surface area contributed by atoms with Crippen molar-refractivity contribution >= 4 is 22.7 Å². The summed E-state index contributed by atoms with van der Waals surface area (Å²) < 4.78 is 31.7. The van der Waals surface area contributed by atoms with Gasteiger partial charge in [0.15, 0.2) is 11.6 Å². The first-order valence-corrected chi connectivity index (χ1v) is 8.75. The van der Waals surface area contributed by atoms with Gasteiger partial charge in [-0.3, -0.25) is 0 Å². The second kappa shape index (κ2) is 6.06. The van der Waals surface area contributed by atoms with Crippen molar-refractivity contribution in [3.8, 4) is 0 Å². The second-order valence-electron chi connectivity index (χ2n) is 5.93. The fourth-order valence-electron chi connectivity index (χ4n) is 3.14. The molecule has 5 heteroatoms. The fraction of sp³-hybridized carbons (Fsp3) is 0.211. The molecule has 1 heterocycles. The lowest BCUT2D eigenvalue weighted by Gasteiger charge is -2.08. The van der Waals surface area contributed by atoms with E-state index in [-0.39, 0.29) is 5.63 Å². The first-order valence-electron chi connectivity index (χ1n) is 7.76. The van der Waals surface area contributed by atoms with Gasteiger partial charge in [-0.15, -0.1) is 11.8 Å². The quantitative estimate of drug-likeness (QED) is 0.502. The van der Waals surface area contributed by atoms with Gasteiger partial charge in [-0.2, -0.15) is 0 Å². The highest BCUT2D eigenvalue weighted by Crippen LogP contribution is 2.31. The molecule has 0 aliphatic heterocycles. The molecule has 0 fully saturated rings. The fourth-order valence-corrected chi connectivity index (χ4v) is 4.05. The monoisotopic (exact) mass is 344 g/mol. The molecule has 2 nitrogen and oxygen atoms in total. The van der Waals surface area contributed by atoms with Gasteiger partial charge in [0.2, 0.25) is 0 Å². The predicted molar refractivity (Wildman–Crippen MR) is 90.4 cm³/mol. The minimum absolute atomic E-state index is 0.388. The highest BCUT2D eigenvalue weighted by atomic mass is 32.2. The number of benzene rings is 2. The normalized spacial score (nSPS) is 13.4. The zero-order valence-corrected chi connectivity index (χ0v) is 13.6. The summed E-state index contributed by atoms with van der Waals surface area (Å²) in [6, 6.07) is 9.37. The summed E-state index contributed by atoms with van der Waals surface area (Å²) in [4.78, 5) is 12.5. The summed E-state index contributed by atoms with van der Waals surface area (Å²) in [6.45, 7) is 0. The van der Waals surface area contributed by atoms with Crippen molar-refractivity contribution < 1.29 is 13.2 Å². The Morgan fingerprint density at radius 1 is 1.00 bits per heavy atom. The summed E-state index contributed by atoms with van der Waals surface area (Å²) in [5, 5.41) is 0.922. The van der Waals surface area contributed by atoms with Crippen LogP contribution < -0.4 is 5.63 Å². The van der Waals surface area contributed by atoms with Crippen molar-refractivity contribution in [2.45, 2.75) is 29.9 Å². The Morgan fingerprint density at radius 3 is 2.58 bits per heavy atom. The Hall–Kier alpha value is -2.14. The van der Waals surface area contributed by atoms with E-state index < -0.39 is 11.6 Å². The van der Waals surface area contributed by atoms with Gasteiger partial charge in [-0.05, 0) is 66.3 Å². The summed E-state index contributed by atoms with van der Waals surface area (Å²) >= 11 is 1.37. The molecule has 0 atom stereocenters. The molecule has 1 aliphatic carbocycles. The highest BCUT2D eigenvalue weighted by Gasteiger charge is 2.15. The van der Waals surface area contributed by atoms with Crippen molar-refractivity contribution in [3.63, 3.8) is 0 Å². The van der Waals surface area contributed by atoms with Crippen LogP contribution in [0.3, 0.4) is 0 Å². The van der Waals surface area contributed by atoms with Crippen molar-refractivity contribution in [1.29, 1.82) is 0 Å². The molecule has 0 radical (unpaired) electrons. The molecule has 2 aromatic carbocycles. The number of hydrogen-bond acceptors (Lipinski definition) is 3. The van der Waals surface area contributed by atoms with Gasteiger partial charge in [0.05, 0.1) is 0 Å². The lowest BCUT2D eigenvalue weighted by molar-refractivity contribution is 0.506. The van der Waals surface area contributed by atoms with Crippen LogP contribution in [0.2, 0.25) is 0 Å². The first kappa shape index (κ1) is 15.4. The van der Waals surface area contributed by atoms with E-state index in [9.17, 15) is 13.6 Å². The zero-order chi connectivity index (χ0) is 16.7. The van der Waals surface area contributed by atoms with Gasteiger partial charge in [0, 0.05) is 22.1 Å². The van der Waals surface area contributed by atoms with Crippen LogP contribution >= 0.6 is 11.8 Å². The Kier molecular flexibility index (Phi) is 3.88. The van der Waals surface area contributed by atoms with Crippen molar-refractivity contribution in [1.82, 2.24) is 0 Å². The van der Waals surface area contributed by atoms with Crippen molar-refractivity contribution in [3.05, 3.63) is 75.1 Å². The van der Waals surface area contributed by atoms with Crippen LogP contribution in [-0.4, -0.2) is 0 Å². The number of thioether (sulfide) groups is 1. The third kappa shape index (κ3) is 2.84. The molecule has 0 spiro atoms. The maximum atomic E-state index is 13.3. The second-order valence-corrected chi connectivity index (χ2v) is 6.97. The van der Waals surface area contributed by atoms with E-state index in [1.807, 2.05) is 6.07 Å². The Bertz CT molecular complexity index is 995. The molecule has 1 aliphatic rings. The molecular weight excluding hydrogens is 330 g/mol. The lowest BCUT2D eigenvalue weighted by atomic mass is 10.0. The molecule has 24 heavy (non-hydrogen) atoms. The molecule has 0 saturated carbocycles. The molecular formula is C19H14F2O2S. The number of aryl methyl sites for hydroxylation is 2. The van der Waals surface area contributed by atoms with E-state index in [1.165, 1.54) is 41.1 Å². The third-order valence-electron chi connectivity index (χ3n) is 4.33. The zero-order valence-electron chi connectivity index (χ0n) is 12.8. The van der Waals surface area contributed by atoms with Crippen LogP contribution in [0.15, 0.2) is 50.5 Å². The lowest BCUT2D eigenvalue weighted by Crippen LogP contribution is -2.01. The molecule has 122 valence electrons. The van der Waals surface area contributed by atoms with E-state index in [2.05, 4.69) is 6.07 Å². The van der Waals surface area contributed by atoms with E-state index in [1.54, 1.807) is 0 Å². The topological polar surface area (TPSA) is 30.2 Å². The molecule has 0 bridgehead atoms. The average Bonchev–Trinajstić information content (AvgIpc) is 3.01. The van der Waals surface area contributed by atoms with Gasteiger partial charge in [-0.25, -0.2) is 13.6 Å². The summed E-state index contributed by atoms with van der Waals surface area (Å²) in [6.07, 6.45) is 3.18. The Morgan fingerprint density at radius 2 is 1.79 bits per heavy atom. The van der Waals surface area contributed by atoms with Crippen LogP contribution in [-0.2, 0) is 18.6 Å². The van der Waals surface area contributed by atoms with Crippen LogP contribution in [0.25, 0.3) is 11.0 Å². The molecule has 0 N–H and O–H groups in total. The van der Waals surface area contributed by atoms with Gasteiger partial charge >= 0.3 is 5.63 Å². The minimum Gasteiger partial charge on any atom is -0.423 e. The van der Waals surface area contributed by atoms with Crippen LogP contribution in [0.4, 0.5) is 8.78 Å². The number of fused-ring (bicyclic) bond motifs is 2. The largest absolute Gasteiger partial charge is 0.423 e. The van der Waals surface area contributed by atoms with Gasteiger partial charge in [0.1, 0.15) is 5.58 Å². The van der Waals surface area contributed by atoms with E-state index in [0.717, 1.165) is 36.3 Å². The van der Waals surface area contributed by atoms with Crippen LogP contribution in [0, 0.1) is 11.6 Å². The maximum Gasteiger partial charge on any atom is 0.336 e. The third-order valence-corrected chi connectivity index (χ3v) is 5.37. The molecule has 0 amide bonds. The average molecular weight is 344 g/mol. The molecule has 3 aromatic rings. The molecule has 0 saturated heterocycles. The standard InChI is InChI=1S/C19H14F2O2S/c20-16-5-4-14(9-17(16)21)24-10-13-8-19(22)23-18-7-12-3-1-2-11(12)6-15(13)18/h4-9H,1-3,10H2. The van der Waals surface area contributed by atoms with Crippen molar-refractivity contribution in [2.24, 2.45) is 0 Å². The smallest absolute Gasteiger partial charge is 0.336 e. The summed E-state index contributed by atoms with van der Waals surface area (Å²) in [5.41, 5.74) is 3.61. The van der Waals surface area contributed by atoms with E-state index in [0.29, 0.717) is 16.2 Å². The minimum atomic E-state index is -0.866. The van der Waals surface area contributed by atoms with Crippen molar-refractivity contribution in [2.75, 3.05) is 0 Å². The van der Waals surface area contributed by atoms with Crippen LogP contribution in [0.1, 0.15) is 23.1 Å².